The molecule has 162 valence electrons. The van der Waals surface area contributed by atoms with Gasteiger partial charge in [-0.3, -0.25) is 14.4 Å². The van der Waals surface area contributed by atoms with Gasteiger partial charge in [-0.1, -0.05) is 60.7 Å². The Morgan fingerprint density at radius 2 is 1.59 bits per heavy atom. The summed E-state index contributed by atoms with van der Waals surface area (Å²) in [6.07, 6.45) is 0. The Bertz CT molecular complexity index is 1140. The largest absolute Gasteiger partial charge is 0.497 e. The van der Waals surface area contributed by atoms with Gasteiger partial charge < -0.3 is 15.0 Å². The van der Waals surface area contributed by atoms with Gasteiger partial charge >= 0.3 is 0 Å². The molecule has 3 aromatic rings. The molecule has 2 atom stereocenters. The molecule has 6 nitrogen and oxygen atoms in total. The molecule has 0 saturated carbocycles. The molecule has 0 unspecified atom stereocenters. The highest BCUT2D eigenvalue weighted by atomic mass is 16.5. The van der Waals surface area contributed by atoms with Crippen LogP contribution in [0.5, 0.6) is 5.75 Å². The number of nitrogens with zero attached hydrogens (tertiary/aromatic N) is 1. The molecule has 0 spiro atoms. The quantitative estimate of drug-likeness (QED) is 0.609. The van der Waals surface area contributed by atoms with E-state index in [1.165, 1.54) is 0 Å². The molecule has 0 fully saturated rings. The lowest BCUT2D eigenvalue weighted by Gasteiger charge is -2.39. The van der Waals surface area contributed by atoms with Crippen molar-refractivity contribution in [2.24, 2.45) is 0 Å². The van der Waals surface area contributed by atoms with Gasteiger partial charge in [0, 0.05) is 18.2 Å². The minimum Gasteiger partial charge on any atom is -0.497 e. The SMILES string of the molecule is COc1ccc([C@@H]2[C@@H](C(=O)NCC(=O)c3ccccc3)c3ccccc3C(=O)N2C)cc1. The highest BCUT2D eigenvalue weighted by Crippen LogP contribution is 2.42. The number of methoxy groups -OCH3 is 1. The summed E-state index contributed by atoms with van der Waals surface area (Å²) in [7, 11) is 3.28. The fraction of sp³-hybridized carbons (Fsp3) is 0.192. The first kappa shape index (κ1) is 21.3. The van der Waals surface area contributed by atoms with Crippen molar-refractivity contribution in [3.63, 3.8) is 0 Å². The van der Waals surface area contributed by atoms with E-state index < -0.39 is 12.0 Å². The maximum absolute atomic E-state index is 13.4. The first-order chi connectivity index (χ1) is 15.5. The summed E-state index contributed by atoms with van der Waals surface area (Å²) in [5, 5.41) is 2.80. The third-order valence-corrected chi connectivity index (χ3v) is 5.84. The first-order valence-corrected chi connectivity index (χ1v) is 10.4. The maximum Gasteiger partial charge on any atom is 0.254 e. The van der Waals surface area contributed by atoms with Crippen LogP contribution < -0.4 is 10.1 Å². The second-order valence-corrected chi connectivity index (χ2v) is 7.71. The normalized spacial score (nSPS) is 17.4. The Morgan fingerprint density at radius 3 is 2.28 bits per heavy atom. The lowest BCUT2D eigenvalue weighted by atomic mass is 9.79. The second kappa shape index (κ2) is 9.06. The molecule has 3 aromatic carbocycles. The van der Waals surface area contributed by atoms with Crippen molar-refractivity contribution in [1.29, 1.82) is 0 Å². The van der Waals surface area contributed by atoms with Crippen LogP contribution in [0.3, 0.4) is 0 Å². The number of carbonyl (C=O) groups is 3. The molecule has 32 heavy (non-hydrogen) atoms. The number of likely N-dealkylation sites (N-methyl/N-ethyl adjacent to an activating group) is 1. The second-order valence-electron chi connectivity index (χ2n) is 7.71. The van der Waals surface area contributed by atoms with Crippen molar-refractivity contribution >= 4 is 17.6 Å². The number of hydrogen-bond acceptors (Lipinski definition) is 4. The first-order valence-electron chi connectivity index (χ1n) is 10.4. The lowest BCUT2D eigenvalue weighted by Crippen LogP contribution is -2.46. The number of benzene rings is 3. The number of carbonyl (C=O) groups excluding carboxylic acids is 3. The van der Waals surface area contributed by atoms with Gasteiger partial charge in [0.2, 0.25) is 5.91 Å². The average Bonchev–Trinajstić information content (AvgIpc) is 2.85. The minimum atomic E-state index is -0.661. The number of nitrogens with one attached hydrogen (secondary N) is 1. The third kappa shape index (κ3) is 3.99. The Morgan fingerprint density at radius 1 is 0.938 bits per heavy atom. The molecule has 0 radical (unpaired) electrons. The molecule has 4 rings (SSSR count). The van der Waals surface area contributed by atoms with E-state index in [9.17, 15) is 14.4 Å². The van der Waals surface area contributed by atoms with E-state index in [1.807, 2.05) is 36.4 Å². The van der Waals surface area contributed by atoms with Crippen LogP contribution in [0.1, 0.15) is 43.8 Å². The molecule has 0 aliphatic carbocycles. The monoisotopic (exact) mass is 428 g/mol. The number of Topliss-reactive ketones (excluding diaryl/α,β-unsaturated/α-hetero) is 1. The summed E-state index contributed by atoms with van der Waals surface area (Å²) in [6, 6.07) is 22.8. The number of ketones is 1. The van der Waals surface area contributed by atoms with Gasteiger partial charge in [0.05, 0.1) is 25.6 Å². The smallest absolute Gasteiger partial charge is 0.254 e. The van der Waals surface area contributed by atoms with Crippen molar-refractivity contribution in [2.75, 3.05) is 20.7 Å². The molecule has 0 bridgehead atoms. The molecule has 1 aliphatic heterocycles. The van der Waals surface area contributed by atoms with E-state index in [2.05, 4.69) is 5.32 Å². The van der Waals surface area contributed by atoms with Crippen molar-refractivity contribution in [2.45, 2.75) is 12.0 Å². The molecule has 0 aromatic heterocycles. The average molecular weight is 428 g/mol. The summed E-state index contributed by atoms with van der Waals surface area (Å²) in [4.78, 5) is 40.6. The van der Waals surface area contributed by atoms with Crippen LogP contribution in [-0.2, 0) is 4.79 Å². The standard InChI is InChI=1S/C26H24N2O4/c1-28-24(18-12-14-19(32-2)15-13-18)23(20-10-6-7-11-21(20)26(28)31)25(30)27-16-22(29)17-8-4-3-5-9-17/h3-15,23-24H,16H2,1-2H3,(H,27,30)/t23-,24+/m0/s1. The Balaban J connectivity index is 1.67. The van der Waals surface area contributed by atoms with Crippen molar-refractivity contribution in [3.8, 4) is 5.75 Å². The summed E-state index contributed by atoms with van der Waals surface area (Å²) in [5.41, 5.74) is 2.50. The number of hydrogen-bond donors (Lipinski definition) is 1. The molecule has 1 heterocycles. The van der Waals surface area contributed by atoms with E-state index in [0.29, 0.717) is 22.4 Å². The molecule has 0 saturated heterocycles. The summed E-state index contributed by atoms with van der Waals surface area (Å²) >= 11 is 0. The zero-order chi connectivity index (χ0) is 22.7. The number of rotatable bonds is 6. The van der Waals surface area contributed by atoms with Crippen LogP contribution in [0, 0.1) is 0 Å². The van der Waals surface area contributed by atoms with Crippen LogP contribution in [0.25, 0.3) is 0 Å². The van der Waals surface area contributed by atoms with Crippen molar-refractivity contribution in [1.82, 2.24) is 10.2 Å². The van der Waals surface area contributed by atoms with E-state index >= 15 is 0 Å². The zero-order valence-corrected chi connectivity index (χ0v) is 17.9. The van der Waals surface area contributed by atoms with Crippen LogP contribution >= 0.6 is 0 Å². The molecule has 1 N–H and O–H groups in total. The molecule has 2 amide bonds. The number of fused-ring (bicyclic) bond motifs is 1. The lowest BCUT2D eigenvalue weighted by molar-refractivity contribution is -0.123. The predicted octanol–water partition coefficient (Wildman–Crippen LogP) is 3.60. The Kier molecular flexibility index (Phi) is 6.03. The number of ether oxygens (including phenoxy) is 1. The maximum atomic E-state index is 13.4. The highest BCUT2D eigenvalue weighted by molar-refractivity contribution is 6.03. The van der Waals surface area contributed by atoms with E-state index in [1.54, 1.807) is 61.5 Å². The Labute approximate surface area is 186 Å². The topological polar surface area (TPSA) is 75.7 Å². The fourth-order valence-electron chi connectivity index (χ4n) is 4.18. The number of amides is 2. The minimum absolute atomic E-state index is 0.117. The molecular weight excluding hydrogens is 404 g/mol. The zero-order valence-electron chi connectivity index (χ0n) is 17.9. The van der Waals surface area contributed by atoms with Gasteiger partial charge in [0.15, 0.2) is 5.78 Å². The fourth-order valence-corrected chi connectivity index (χ4v) is 4.18. The summed E-state index contributed by atoms with van der Waals surface area (Å²) in [6.45, 7) is -0.117. The third-order valence-electron chi connectivity index (χ3n) is 5.84. The molecule has 1 aliphatic rings. The summed E-state index contributed by atoms with van der Waals surface area (Å²) < 4.78 is 5.24. The van der Waals surface area contributed by atoms with Gasteiger partial charge in [-0.2, -0.15) is 0 Å². The van der Waals surface area contributed by atoms with Gasteiger partial charge in [0.1, 0.15) is 5.75 Å². The van der Waals surface area contributed by atoms with Gasteiger partial charge in [-0.25, -0.2) is 0 Å². The van der Waals surface area contributed by atoms with Crippen molar-refractivity contribution < 1.29 is 19.1 Å². The van der Waals surface area contributed by atoms with E-state index in [0.717, 1.165) is 5.56 Å². The van der Waals surface area contributed by atoms with E-state index in [4.69, 9.17) is 4.74 Å². The van der Waals surface area contributed by atoms with Gasteiger partial charge in [-0.05, 0) is 29.3 Å². The van der Waals surface area contributed by atoms with Gasteiger partial charge in [0.25, 0.3) is 5.91 Å². The van der Waals surface area contributed by atoms with Crippen LogP contribution in [0.15, 0.2) is 78.9 Å². The van der Waals surface area contributed by atoms with Gasteiger partial charge in [-0.15, -0.1) is 0 Å². The molecule has 6 heteroatoms. The molecular formula is C26H24N2O4. The van der Waals surface area contributed by atoms with Crippen LogP contribution in [0.4, 0.5) is 0 Å². The van der Waals surface area contributed by atoms with E-state index in [-0.39, 0.29) is 24.1 Å². The van der Waals surface area contributed by atoms with Crippen molar-refractivity contribution in [3.05, 3.63) is 101 Å². The van der Waals surface area contributed by atoms with Crippen LogP contribution in [0.2, 0.25) is 0 Å². The van der Waals surface area contributed by atoms with Crippen LogP contribution in [-0.4, -0.2) is 43.2 Å². The predicted molar refractivity (Wildman–Crippen MR) is 121 cm³/mol. The highest BCUT2D eigenvalue weighted by Gasteiger charge is 2.42. The summed E-state index contributed by atoms with van der Waals surface area (Å²) in [5.74, 6) is -0.597. The Hall–Kier alpha value is -3.93.